The van der Waals surface area contributed by atoms with Crippen LogP contribution in [0, 0.1) is 22.7 Å². The van der Waals surface area contributed by atoms with Crippen molar-refractivity contribution in [2.24, 2.45) is 22.7 Å². The zero-order valence-electron chi connectivity index (χ0n) is 9.58. The van der Waals surface area contributed by atoms with Crippen molar-refractivity contribution in [3.63, 3.8) is 0 Å². The minimum absolute atomic E-state index is 0.946. The molecule has 0 radical (unpaired) electrons. The summed E-state index contributed by atoms with van der Waals surface area (Å²) >= 11 is 0. The molecular formula is C10H12O8. The first-order valence-electron chi connectivity index (χ1n) is 4.95. The highest BCUT2D eigenvalue weighted by atomic mass is 16.4. The van der Waals surface area contributed by atoms with Crippen LogP contribution in [0.15, 0.2) is 0 Å². The third kappa shape index (κ3) is 1.25. The molecule has 0 bridgehead atoms. The summed E-state index contributed by atoms with van der Waals surface area (Å²) in [7, 11) is 0. The second kappa shape index (κ2) is 3.69. The van der Waals surface area contributed by atoms with Crippen LogP contribution in [-0.4, -0.2) is 44.3 Å². The number of rotatable bonds is 4. The van der Waals surface area contributed by atoms with E-state index in [-0.39, 0.29) is 0 Å². The van der Waals surface area contributed by atoms with Gasteiger partial charge in [-0.1, -0.05) is 0 Å². The van der Waals surface area contributed by atoms with Crippen LogP contribution in [0.3, 0.4) is 0 Å². The molecule has 1 rings (SSSR count). The van der Waals surface area contributed by atoms with Crippen molar-refractivity contribution in [1.82, 2.24) is 0 Å². The fraction of sp³-hybridized carbons (Fsp3) is 0.600. The number of carboxylic acids is 4. The summed E-state index contributed by atoms with van der Waals surface area (Å²) in [5.41, 5.74) is -4.35. The van der Waals surface area contributed by atoms with Crippen molar-refractivity contribution in [2.45, 2.75) is 13.8 Å². The number of carboxylic acid groups (broad SMARTS) is 4. The predicted molar refractivity (Wildman–Crippen MR) is 53.7 cm³/mol. The van der Waals surface area contributed by atoms with E-state index in [1.807, 2.05) is 0 Å². The molecule has 8 nitrogen and oxygen atoms in total. The lowest BCUT2D eigenvalue weighted by Gasteiger charge is -2.58. The lowest BCUT2D eigenvalue weighted by molar-refractivity contribution is -0.232. The Labute approximate surface area is 101 Å². The molecular weight excluding hydrogens is 248 g/mol. The number of hydrogen-bond acceptors (Lipinski definition) is 4. The van der Waals surface area contributed by atoms with Gasteiger partial charge >= 0.3 is 23.9 Å². The molecule has 4 N–H and O–H groups in total. The number of hydrogen-bond donors (Lipinski definition) is 4. The molecule has 1 saturated carbocycles. The zero-order chi connectivity index (χ0) is 14.5. The van der Waals surface area contributed by atoms with Gasteiger partial charge in [0, 0.05) is 0 Å². The number of carbonyl (C=O) groups is 4. The monoisotopic (exact) mass is 260 g/mol. The van der Waals surface area contributed by atoms with Gasteiger partial charge in [-0.05, 0) is 13.8 Å². The Hall–Kier alpha value is -2.12. The summed E-state index contributed by atoms with van der Waals surface area (Å²) < 4.78 is 0. The van der Waals surface area contributed by atoms with Crippen LogP contribution in [-0.2, 0) is 19.2 Å². The first-order chi connectivity index (χ1) is 8.02. The van der Waals surface area contributed by atoms with Gasteiger partial charge in [0.15, 0.2) is 0 Å². The molecule has 0 aromatic rings. The van der Waals surface area contributed by atoms with Crippen molar-refractivity contribution in [1.29, 1.82) is 0 Å². The summed E-state index contributed by atoms with van der Waals surface area (Å²) in [6.07, 6.45) is 0. The normalized spacial score (nSPS) is 38.6. The molecule has 1 fully saturated rings. The largest absolute Gasteiger partial charge is 0.481 e. The Morgan fingerprint density at radius 3 is 1.06 bits per heavy atom. The van der Waals surface area contributed by atoms with Crippen molar-refractivity contribution in [3.05, 3.63) is 0 Å². The molecule has 18 heavy (non-hydrogen) atoms. The molecule has 0 spiro atoms. The van der Waals surface area contributed by atoms with E-state index in [9.17, 15) is 19.2 Å². The summed E-state index contributed by atoms with van der Waals surface area (Å²) in [4.78, 5) is 44.4. The second-order valence-corrected chi connectivity index (χ2v) is 4.65. The van der Waals surface area contributed by atoms with Crippen LogP contribution in [0.5, 0.6) is 0 Å². The first-order valence-corrected chi connectivity index (χ1v) is 4.95. The predicted octanol–water partition coefficient (Wildman–Crippen LogP) is -0.417. The van der Waals surface area contributed by atoms with Crippen LogP contribution in [0.4, 0.5) is 0 Å². The maximum Gasteiger partial charge on any atom is 0.311 e. The highest BCUT2D eigenvalue weighted by molar-refractivity contribution is 6.00. The van der Waals surface area contributed by atoms with Crippen LogP contribution < -0.4 is 0 Å². The van der Waals surface area contributed by atoms with Gasteiger partial charge in [0.2, 0.25) is 0 Å². The molecule has 100 valence electrons. The van der Waals surface area contributed by atoms with Crippen molar-refractivity contribution in [3.8, 4) is 0 Å². The molecule has 1 aliphatic rings. The van der Waals surface area contributed by atoms with E-state index in [0.717, 1.165) is 13.8 Å². The van der Waals surface area contributed by atoms with Gasteiger partial charge in [-0.2, -0.15) is 0 Å². The molecule has 0 heterocycles. The lowest BCUT2D eigenvalue weighted by atomic mass is 9.39. The Morgan fingerprint density at radius 2 is 0.944 bits per heavy atom. The lowest BCUT2D eigenvalue weighted by Crippen LogP contribution is -2.73. The highest BCUT2D eigenvalue weighted by Crippen LogP contribution is 2.65. The fourth-order valence-corrected chi connectivity index (χ4v) is 2.71. The van der Waals surface area contributed by atoms with Gasteiger partial charge in [-0.3, -0.25) is 19.2 Å². The van der Waals surface area contributed by atoms with E-state index in [1.165, 1.54) is 0 Å². The van der Waals surface area contributed by atoms with E-state index in [1.54, 1.807) is 0 Å². The first kappa shape index (κ1) is 13.9. The fourth-order valence-electron chi connectivity index (χ4n) is 2.71. The van der Waals surface area contributed by atoms with E-state index in [2.05, 4.69) is 0 Å². The van der Waals surface area contributed by atoms with Crippen molar-refractivity contribution < 1.29 is 39.6 Å². The summed E-state index contributed by atoms with van der Waals surface area (Å²) in [6.45, 7) is 1.89. The van der Waals surface area contributed by atoms with Crippen LogP contribution in [0.1, 0.15) is 13.8 Å². The van der Waals surface area contributed by atoms with Crippen molar-refractivity contribution in [2.75, 3.05) is 0 Å². The SMILES string of the molecule is C[C@@]1(C(=O)O)C(C(=O)O)C(C(=O)O)[C@@]1(C)C(=O)O. The smallest absolute Gasteiger partial charge is 0.311 e. The third-order valence-electron chi connectivity index (χ3n) is 4.08. The summed E-state index contributed by atoms with van der Waals surface area (Å²) in [6, 6.07) is 0. The Balaban J connectivity index is 3.48. The maximum absolute atomic E-state index is 11.2. The Morgan fingerprint density at radius 1 is 0.722 bits per heavy atom. The van der Waals surface area contributed by atoms with Gasteiger partial charge in [0.1, 0.15) is 0 Å². The Kier molecular flexibility index (Phi) is 2.86. The molecule has 4 atom stereocenters. The van der Waals surface area contributed by atoms with Gasteiger partial charge in [0.05, 0.1) is 22.7 Å². The molecule has 0 aromatic heterocycles. The second-order valence-electron chi connectivity index (χ2n) is 4.65. The van der Waals surface area contributed by atoms with E-state index in [4.69, 9.17) is 20.4 Å². The quantitative estimate of drug-likeness (QED) is 0.532. The van der Waals surface area contributed by atoms with Crippen LogP contribution in [0.25, 0.3) is 0 Å². The zero-order valence-corrected chi connectivity index (χ0v) is 9.58. The van der Waals surface area contributed by atoms with Crippen LogP contribution >= 0.6 is 0 Å². The standard InChI is InChI=1S/C10H12O8/c1-9(7(15)16)3(5(11)12)4(6(13)14)10(9,2)8(17)18/h3-4H,1-2H3,(H,11,12)(H,13,14)(H,15,16)(H,17,18)/t3?,4?,9-,10-/m0/s1. The molecule has 0 amide bonds. The van der Waals surface area contributed by atoms with E-state index in [0.29, 0.717) is 0 Å². The van der Waals surface area contributed by atoms with E-state index >= 15 is 0 Å². The minimum atomic E-state index is -2.17. The molecule has 8 heteroatoms. The van der Waals surface area contributed by atoms with E-state index < -0.39 is 46.5 Å². The summed E-state index contributed by atoms with van der Waals surface area (Å²) in [5, 5.41) is 36.0. The van der Waals surface area contributed by atoms with Gasteiger partial charge in [0.25, 0.3) is 0 Å². The molecule has 2 unspecified atom stereocenters. The maximum atomic E-state index is 11.2. The van der Waals surface area contributed by atoms with Crippen molar-refractivity contribution >= 4 is 23.9 Å². The van der Waals surface area contributed by atoms with Crippen LogP contribution in [0.2, 0.25) is 0 Å². The topological polar surface area (TPSA) is 149 Å². The average Bonchev–Trinajstić information content (AvgIpc) is 2.21. The Bertz CT molecular complexity index is 413. The molecule has 0 aliphatic heterocycles. The average molecular weight is 260 g/mol. The molecule has 0 aromatic carbocycles. The van der Waals surface area contributed by atoms with Gasteiger partial charge < -0.3 is 20.4 Å². The summed E-state index contributed by atoms with van der Waals surface area (Å²) in [5.74, 6) is -10.1. The van der Waals surface area contributed by atoms with Gasteiger partial charge in [-0.15, -0.1) is 0 Å². The number of aliphatic carboxylic acids is 4. The molecule has 1 aliphatic carbocycles. The minimum Gasteiger partial charge on any atom is -0.481 e. The highest BCUT2D eigenvalue weighted by Gasteiger charge is 2.79. The van der Waals surface area contributed by atoms with Gasteiger partial charge in [-0.25, -0.2) is 0 Å². The third-order valence-corrected chi connectivity index (χ3v) is 4.08. The molecule has 0 saturated heterocycles.